The van der Waals surface area contributed by atoms with Crippen molar-refractivity contribution in [1.82, 2.24) is 19.7 Å². The van der Waals surface area contributed by atoms with E-state index in [2.05, 4.69) is 15.1 Å². The molecule has 0 aliphatic carbocycles. The van der Waals surface area contributed by atoms with Crippen molar-refractivity contribution in [2.45, 2.75) is 6.54 Å². The van der Waals surface area contributed by atoms with Gasteiger partial charge in [-0.1, -0.05) is 18.2 Å². The average Bonchev–Trinajstić information content (AvgIpc) is 3.04. The van der Waals surface area contributed by atoms with Gasteiger partial charge in [-0.05, 0) is 12.1 Å². The van der Waals surface area contributed by atoms with Crippen LogP contribution in [0.5, 0.6) is 5.88 Å². The van der Waals surface area contributed by atoms with Crippen LogP contribution in [0.2, 0.25) is 0 Å². The molecule has 0 unspecified atom stereocenters. The van der Waals surface area contributed by atoms with Gasteiger partial charge in [0.05, 0.1) is 19.0 Å². The molecule has 0 amide bonds. The number of hydrogen-bond acceptors (Lipinski definition) is 5. The van der Waals surface area contributed by atoms with E-state index in [0.29, 0.717) is 18.4 Å². The highest BCUT2D eigenvalue weighted by atomic mass is 16.5. The third-order valence-corrected chi connectivity index (χ3v) is 3.24. The van der Waals surface area contributed by atoms with Gasteiger partial charge in [-0.2, -0.15) is 10.1 Å². The maximum absolute atomic E-state index is 5.12. The van der Waals surface area contributed by atoms with Gasteiger partial charge in [0, 0.05) is 37.6 Å². The van der Waals surface area contributed by atoms with Crippen molar-refractivity contribution in [2.75, 3.05) is 19.1 Å². The number of benzene rings is 1. The molecule has 0 bridgehead atoms. The summed E-state index contributed by atoms with van der Waals surface area (Å²) in [6.07, 6.45) is 5.54. The maximum Gasteiger partial charge on any atom is 0.228 e. The highest BCUT2D eigenvalue weighted by molar-refractivity contribution is 5.34. The number of methoxy groups -OCH3 is 1. The fraction of sp³-hybridized carbons (Fsp3) is 0.188. The van der Waals surface area contributed by atoms with Gasteiger partial charge >= 0.3 is 0 Å². The zero-order valence-corrected chi connectivity index (χ0v) is 12.5. The van der Waals surface area contributed by atoms with Crippen LogP contribution in [0, 0.1) is 0 Å². The summed E-state index contributed by atoms with van der Waals surface area (Å²) in [5, 5.41) is 4.39. The molecule has 1 aromatic carbocycles. The van der Waals surface area contributed by atoms with Crippen molar-refractivity contribution in [3.8, 4) is 11.6 Å². The predicted octanol–water partition coefficient (Wildman–Crippen LogP) is 2.31. The minimum Gasteiger partial charge on any atom is -0.481 e. The van der Waals surface area contributed by atoms with Crippen molar-refractivity contribution in [1.29, 1.82) is 0 Å². The third kappa shape index (κ3) is 3.06. The standard InChI is InChI=1S/C16H17N5O/c1-20(16-17-9-8-15(19-16)22-2)11-13-10-18-21(12-13)14-6-4-3-5-7-14/h3-10,12H,11H2,1-2H3. The zero-order valence-electron chi connectivity index (χ0n) is 12.5. The van der Waals surface area contributed by atoms with E-state index in [9.17, 15) is 0 Å². The Morgan fingerprint density at radius 3 is 2.77 bits per heavy atom. The Morgan fingerprint density at radius 2 is 2.00 bits per heavy atom. The van der Waals surface area contributed by atoms with E-state index < -0.39 is 0 Å². The Labute approximate surface area is 129 Å². The molecule has 0 aliphatic rings. The number of hydrogen-bond donors (Lipinski definition) is 0. The van der Waals surface area contributed by atoms with Crippen LogP contribution in [0.15, 0.2) is 55.0 Å². The molecule has 2 aromatic heterocycles. The number of anilines is 1. The van der Waals surface area contributed by atoms with Gasteiger partial charge in [0.25, 0.3) is 0 Å². The summed E-state index contributed by atoms with van der Waals surface area (Å²) >= 11 is 0. The molecule has 2 heterocycles. The SMILES string of the molecule is COc1ccnc(N(C)Cc2cnn(-c3ccccc3)c2)n1. The molecule has 22 heavy (non-hydrogen) atoms. The molecule has 0 saturated carbocycles. The van der Waals surface area contributed by atoms with E-state index in [4.69, 9.17) is 4.74 Å². The van der Waals surface area contributed by atoms with E-state index in [0.717, 1.165) is 11.3 Å². The van der Waals surface area contributed by atoms with Crippen LogP contribution in [0.3, 0.4) is 0 Å². The van der Waals surface area contributed by atoms with Gasteiger partial charge < -0.3 is 9.64 Å². The molecule has 3 aromatic rings. The fourth-order valence-corrected chi connectivity index (χ4v) is 2.14. The lowest BCUT2D eigenvalue weighted by atomic mass is 10.3. The van der Waals surface area contributed by atoms with Crippen molar-refractivity contribution in [3.63, 3.8) is 0 Å². The average molecular weight is 295 g/mol. The number of ether oxygens (including phenoxy) is 1. The summed E-state index contributed by atoms with van der Waals surface area (Å²) in [6, 6.07) is 11.7. The van der Waals surface area contributed by atoms with E-state index in [1.54, 1.807) is 19.4 Å². The second-order valence-corrected chi connectivity index (χ2v) is 4.88. The van der Waals surface area contributed by atoms with Crippen molar-refractivity contribution in [3.05, 3.63) is 60.6 Å². The normalized spacial score (nSPS) is 10.5. The first-order valence-electron chi connectivity index (χ1n) is 6.93. The van der Waals surface area contributed by atoms with Gasteiger partial charge in [0.15, 0.2) is 0 Å². The monoisotopic (exact) mass is 295 g/mol. The third-order valence-electron chi connectivity index (χ3n) is 3.24. The number of aromatic nitrogens is 4. The van der Waals surface area contributed by atoms with E-state index in [1.165, 1.54) is 0 Å². The molecule has 0 saturated heterocycles. The molecule has 0 spiro atoms. The van der Waals surface area contributed by atoms with Crippen LogP contribution in [0.1, 0.15) is 5.56 Å². The van der Waals surface area contributed by atoms with Crippen molar-refractivity contribution in [2.24, 2.45) is 0 Å². The first-order valence-corrected chi connectivity index (χ1v) is 6.93. The Kier molecular flexibility index (Phi) is 4.00. The van der Waals surface area contributed by atoms with Gasteiger partial charge in [-0.25, -0.2) is 9.67 Å². The highest BCUT2D eigenvalue weighted by Crippen LogP contribution is 2.14. The van der Waals surface area contributed by atoms with Crippen LogP contribution in [-0.4, -0.2) is 33.9 Å². The summed E-state index contributed by atoms with van der Waals surface area (Å²) in [4.78, 5) is 10.5. The zero-order chi connectivity index (χ0) is 15.4. The van der Waals surface area contributed by atoms with Gasteiger partial charge in [-0.3, -0.25) is 0 Å². The molecule has 0 radical (unpaired) electrons. The topological polar surface area (TPSA) is 56.1 Å². The Bertz CT molecular complexity index is 741. The summed E-state index contributed by atoms with van der Waals surface area (Å²) in [5.41, 5.74) is 2.12. The molecule has 3 rings (SSSR count). The Balaban J connectivity index is 1.74. The minimum atomic E-state index is 0.553. The van der Waals surface area contributed by atoms with Crippen LogP contribution >= 0.6 is 0 Å². The van der Waals surface area contributed by atoms with Gasteiger partial charge in [-0.15, -0.1) is 0 Å². The van der Waals surface area contributed by atoms with Crippen molar-refractivity contribution >= 4 is 5.95 Å². The maximum atomic E-state index is 5.12. The van der Waals surface area contributed by atoms with Crippen LogP contribution in [0.25, 0.3) is 5.69 Å². The lowest BCUT2D eigenvalue weighted by molar-refractivity contribution is 0.397. The Morgan fingerprint density at radius 1 is 1.18 bits per heavy atom. The van der Waals surface area contributed by atoms with Crippen LogP contribution < -0.4 is 9.64 Å². The van der Waals surface area contributed by atoms with Crippen molar-refractivity contribution < 1.29 is 4.74 Å². The molecule has 6 nitrogen and oxygen atoms in total. The lowest BCUT2D eigenvalue weighted by Gasteiger charge is -2.16. The number of rotatable bonds is 5. The quantitative estimate of drug-likeness (QED) is 0.723. The predicted molar refractivity (Wildman–Crippen MR) is 84.3 cm³/mol. The molecular formula is C16H17N5O. The second kappa shape index (κ2) is 6.26. The number of para-hydroxylation sites is 1. The summed E-state index contributed by atoms with van der Waals surface area (Å²) in [7, 11) is 3.53. The second-order valence-electron chi connectivity index (χ2n) is 4.88. The highest BCUT2D eigenvalue weighted by Gasteiger charge is 2.08. The molecule has 0 N–H and O–H groups in total. The van der Waals surface area contributed by atoms with E-state index in [1.807, 2.05) is 59.4 Å². The first kappa shape index (κ1) is 14.1. The molecular weight excluding hydrogens is 278 g/mol. The lowest BCUT2D eigenvalue weighted by Crippen LogP contribution is -2.18. The summed E-state index contributed by atoms with van der Waals surface area (Å²) < 4.78 is 6.98. The van der Waals surface area contributed by atoms with E-state index >= 15 is 0 Å². The number of nitrogens with zero attached hydrogens (tertiary/aromatic N) is 5. The molecule has 0 aliphatic heterocycles. The first-order chi connectivity index (χ1) is 10.8. The smallest absolute Gasteiger partial charge is 0.228 e. The largest absolute Gasteiger partial charge is 0.481 e. The minimum absolute atomic E-state index is 0.553. The van der Waals surface area contributed by atoms with Gasteiger partial charge in [0.1, 0.15) is 0 Å². The molecule has 112 valence electrons. The molecule has 0 fully saturated rings. The van der Waals surface area contributed by atoms with Gasteiger partial charge in [0.2, 0.25) is 11.8 Å². The van der Waals surface area contributed by atoms with E-state index in [-0.39, 0.29) is 0 Å². The molecule has 6 heteroatoms. The Hall–Kier alpha value is -2.89. The summed E-state index contributed by atoms with van der Waals surface area (Å²) in [5.74, 6) is 1.17. The summed E-state index contributed by atoms with van der Waals surface area (Å²) in [6.45, 7) is 0.667. The fourth-order valence-electron chi connectivity index (χ4n) is 2.14. The van der Waals surface area contributed by atoms with Crippen LogP contribution in [-0.2, 0) is 6.54 Å². The van der Waals surface area contributed by atoms with Crippen LogP contribution in [0.4, 0.5) is 5.95 Å². The molecule has 0 atom stereocenters.